The number of hydrogen-bond donors (Lipinski definition) is 1. The van der Waals surface area contributed by atoms with E-state index in [0.29, 0.717) is 40.4 Å². The van der Waals surface area contributed by atoms with Crippen molar-refractivity contribution in [2.75, 3.05) is 23.4 Å². The van der Waals surface area contributed by atoms with Crippen LogP contribution in [-0.2, 0) is 14.3 Å². The number of amides is 2. The highest BCUT2D eigenvalue weighted by molar-refractivity contribution is 7.16. The summed E-state index contributed by atoms with van der Waals surface area (Å²) in [4.78, 5) is 52.8. The van der Waals surface area contributed by atoms with Crippen molar-refractivity contribution in [2.24, 2.45) is 0 Å². The lowest BCUT2D eigenvalue weighted by atomic mass is 10.0. The molecule has 176 valence electrons. The molecule has 0 aliphatic carbocycles. The molecule has 1 aliphatic rings. The van der Waals surface area contributed by atoms with Crippen molar-refractivity contribution in [2.45, 2.75) is 53.6 Å². The van der Waals surface area contributed by atoms with E-state index in [1.165, 1.54) is 16.2 Å². The van der Waals surface area contributed by atoms with Crippen LogP contribution in [-0.4, -0.2) is 42.8 Å². The van der Waals surface area contributed by atoms with Crippen LogP contribution in [0, 0.1) is 13.8 Å². The smallest absolute Gasteiger partial charge is 0.341 e. The number of anilines is 2. The summed E-state index contributed by atoms with van der Waals surface area (Å²) in [5.74, 6) is -0.977. The number of thiophene rings is 1. The largest absolute Gasteiger partial charge is 0.479 e. The summed E-state index contributed by atoms with van der Waals surface area (Å²) in [6, 6.07) is 4.91. The van der Waals surface area contributed by atoms with E-state index in [0.717, 1.165) is 10.4 Å². The molecular formula is C24H28N2O6S. The van der Waals surface area contributed by atoms with Gasteiger partial charge in [-0.25, -0.2) is 4.79 Å². The molecule has 1 atom stereocenters. The summed E-state index contributed by atoms with van der Waals surface area (Å²) in [5.41, 5.74) is 1.90. The SMILES string of the molecule is CCCC(=O)c1ccc2c(c1)N(CC(=O)Nc1sc(C)c(C)c1C(=O)OCC)C(=O)C(C)O2. The highest BCUT2D eigenvalue weighted by atomic mass is 32.1. The molecule has 1 aromatic carbocycles. The number of Topliss-reactive ketones (excluding diaryl/α,β-unsaturated/α-hetero) is 1. The lowest BCUT2D eigenvalue weighted by Gasteiger charge is -2.32. The van der Waals surface area contributed by atoms with Gasteiger partial charge in [0.25, 0.3) is 5.91 Å². The first-order valence-electron chi connectivity index (χ1n) is 10.9. The fraction of sp³-hybridized carbons (Fsp3) is 0.417. The number of fused-ring (bicyclic) bond motifs is 1. The third-order valence-electron chi connectivity index (χ3n) is 5.39. The fourth-order valence-corrected chi connectivity index (χ4v) is 4.65. The predicted octanol–water partition coefficient (Wildman–Crippen LogP) is 4.28. The van der Waals surface area contributed by atoms with Crippen LogP contribution in [0.3, 0.4) is 0 Å². The number of carbonyl (C=O) groups is 4. The zero-order chi connectivity index (χ0) is 24.3. The Labute approximate surface area is 196 Å². The van der Waals surface area contributed by atoms with Crippen LogP contribution in [0.4, 0.5) is 10.7 Å². The molecule has 2 aromatic rings. The Morgan fingerprint density at radius 3 is 2.61 bits per heavy atom. The maximum atomic E-state index is 13.0. The molecule has 0 saturated heterocycles. The van der Waals surface area contributed by atoms with Crippen LogP contribution in [0.15, 0.2) is 18.2 Å². The lowest BCUT2D eigenvalue weighted by molar-refractivity contribution is -0.127. The molecule has 1 aromatic heterocycles. The Hall–Kier alpha value is -3.20. The quantitative estimate of drug-likeness (QED) is 0.455. The van der Waals surface area contributed by atoms with Gasteiger partial charge >= 0.3 is 5.97 Å². The normalized spacial score (nSPS) is 15.0. The van der Waals surface area contributed by atoms with E-state index in [9.17, 15) is 19.2 Å². The van der Waals surface area contributed by atoms with Gasteiger partial charge in [-0.3, -0.25) is 19.3 Å². The van der Waals surface area contributed by atoms with Gasteiger partial charge in [-0.05, 0) is 57.9 Å². The number of ether oxygens (including phenoxy) is 2. The molecule has 33 heavy (non-hydrogen) atoms. The Kier molecular flexibility index (Phi) is 7.53. The van der Waals surface area contributed by atoms with Crippen LogP contribution in [0.25, 0.3) is 0 Å². The van der Waals surface area contributed by atoms with Crippen LogP contribution in [0.5, 0.6) is 5.75 Å². The number of hydrogen-bond acceptors (Lipinski definition) is 7. The molecule has 2 amide bonds. The molecule has 0 bridgehead atoms. The summed E-state index contributed by atoms with van der Waals surface area (Å²) in [7, 11) is 0. The van der Waals surface area contributed by atoms with E-state index in [2.05, 4.69) is 5.32 Å². The Balaban J connectivity index is 1.88. The van der Waals surface area contributed by atoms with E-state index >= 15 is 0 Å². The summed E-state index contributed by atoms with van der Waals surface area (Å²) in [5, 5.41) is 3.14. The first-order valence-corrected chi connectivity index (χ1v) is 11.7. The molecule has 0 saturated carbocycles. The molecular weight excluding hydrogens is 444 g/mol. The summed E-state index contributed by atoms with van der Waals surface area (Å²) in [6.45, 7) is 8.83. The number of ketones is 1. The van der Waals surface area contributed by atoms with E-state index in [1.54, 1.807) is 39.0 Å². The van der Waals surface area contributed by atoms with Gasteiger partial charge in [-0.1, -0.05) is 6.92 Å². The van der Waals surface area contributed by atoms with Crippen molar-refractivity contribution in [3.8, 4) is 5.75 Å². The van der Waals surface area contributed by atoms with Crippen molar-refractivity contribution in [1.29, 1.82) is 0 Å². The summed E-state index contributed by atoms with van der Waals surface area (Å²) in [6.07, 6.45) is 0.318. The second-order valence-corrected chi connectivity index (χ2v) is 9.02. The van der Waals surface area contributed by atoms with Gasteiger partial charge in [0.15, 0.2) is 11.9 Å². The minimum absolute atomic E-state index is 0.0422. The van der Waals surface area contributed by atoms with Crippen molar-refractivity contribution in [3.63, 3.8) is 0 Å². The predicted molar refractivity (Wildman–Crippen MR) is 127 cm³/mol. The Bertz CT molecular complexity index is 1110. The van der Waals surface area contributed by atoms with Gasteiger partial charge in [0.1, 0.15) is 17.3 Å². The molecule has 9 heteroatoms. The average molecular weight is 473 g/mol. The first-order chi connectivity index (χ1) is 15.7. The first kappa shape index (κ1) is 24.4. The summed E-state index contributed by atoms with van der Waals surface area (Å²) >= 11 is 1.28. The number of nitrogens with zero attached hydrogens (tertiary/aromatic N) is 1. The number of esters is 1. The van der Waals surface area contributed by atoms with Crippen molar-refractivity contribution >= 4 is 45.6 Å². The van der Waals surface area contributed by atoms with Crippen molar-refractivity contribution in [3.05, 3.63) is 39.8 Å². The number of rotatable bonds is 8. The van der Waals surface area contributed by atoms with Crippen LogP contribution in [0.1, 0.15) is 64.8 Å². The van der Waals surface area contributed by atoms with Crippen molar-refractivity contribution in [1.82, 2.24) is 0 Å². The molecule has 1 N–H and O–H groups in total. The van der Waals surface area contributed by atoms with Gasteiger partial charge in [-0.2, -0.15) is 0 Å². The third-order valence-corrected chi connectivity index (χ3v) is 6.51. The van der Waals surface area contributed by atoms with Crippen LogP contribution in [0.2, 0.25) is 0 Å². The Morgan fingerprint density at radius 2 is 1.94 bits per heavy atom. The van der Waals surface area contributed by atoms with Crippen molar-refractivity contribution < 1.29 is 28.7 Å². The van der Waals surface area contributed by atoms with Gasteiger partial charge in [0.05, 0.1) is 17.9 Å². The van der Waals surface area contributed by atoms with Gasteiger partial charge in [0.2, 0.25) is 5.91 Å². The number of nitrogens with one attached hydrogen (secondary N) is 1. The molecule has 8 nitrogen and oxygen atoms in total. The molecule has 1 unspecified atom stereocenters. The minimum atomic E-state index is -0.774. The topological polar surface area (TPSA) is 102 Å². The van der Waals surface area contributed by atoms with Gasteiger partial charge < -0.3 is 14.8 Å². The number of benzene rings is 1. The molecule has 0 radical (unpaired) electrons. The molecule has 2 heterocycles. The maximum absolute atomic E-state index is 13.0. The van der Waals surface area contributed by atoms with Crippen LogP contribution >= 0.6 is 11.3 Å². The molecule has 0 spiro atoms. The second-order valence-electron chi connectivity index (χ2n) is 7.80. The number of aryl methyl sites for hydroxylation is 1. The third kappa shape index (κ3) is 5.08. The monoisotopic (exact) mass is 472 g/mol. The van der Waals surface area contributed by atoms with E-state index in [-0.39, 0.29) is 24.8 Å². The highest BCUT2D eigenvalue weighted by Crippen LogP contribution is 2.36. The molecule has 1 aliphatic heterocycles. The summed E-state index contributed by atoms with van der Waals surface area (Å²) < 4.78 is 10.8. The van der Waals surface area contributed by atoms with E-state index in [4.69, 9.17) is 9.47 Å². The second kappa shape index (κ2) is 10.2. The number of carbonyl (C=O) groups excluding carboxylic acids is 4. The molecule has 3 rings (SSSR count). The minimum Gasteiger partial charge on any atom is -0.479 e. The zero-order valence-corrected chi connectivity index (χ0v) is 20.3. The highest BCUT2D eigenvalue weighted by Gasteiger charge is 2.34. The molecule has 0 fully saturated rings. The van der Waals surface area contributed by atoms with Gasteiger partial charge in [-0.15, -0.1) is 11.3 Å². The van der Waals surface area contributed by atoms with E-state index in [1.807, 2.05) is 13.8 Å². The maximum Gasteiger partial charge on any atom is 0.341 e. The van der Waals surface area contributed by atoms with Crippen LogP contribution < -0.4 is 15.0 Å². The fourth-order valence-electron chi connectivity index (χ4n) is 3.59. The average Bonchev–Trinajstić information content (AvgIpc) is 3.04. The Morgan fingerprint density at radius 1 is 1.21 bits per heavy atom. The van der Waals surface area contributed by atoms with Gasteiger partial charge in [0, 0.05) is 16.9 Å². The van der Waals surface area contributed by atoms with E-state index < -0.39 is 18.0 Å². The zero-order valence-electron chi connectivity index (χ0n) is 19.4. The lowest BCUT2D eigenvalue weighted by Crippen LogP contribution is -2.47. The standard InChI is InChI=1S/C24H28N2O6S/c1-6-8-18(27)16-9-10-19-17(11-16)26(23(29)14(4)32-19)12-20(28)25-22-21(24(30)31-7-2)13(3)15(5)33-22/h9-11,14H,6-8,12H2,1-5H3,(H,25,28).